The minimum Gasteiger partial charge on any atom is -0.324 e. The van der Waals surface area contributed by atoms with Crippen LogP contribution in [0.3, 0.4) is 0 Å². The number of hydrogen-bond donors (Lipinski definition) is 2. The standard InChI is InChI=1S/C17H13F3N2O2S/c1-9-15(23)22-13-7-10(5-6-14(13)25-9)16(24)21-12-4-2-3-11(8-12)17(18,19)20/h2-9H,1H3,(H,21,24)(H,22,23)/t9-/m0/s1. The number of carbonyl (C=O) groups excluding carboxylic acids is 2. The predicted octanol–water partition coefficient (Wildman–Crippen LogP) is 4.39. The molecule has 2 N–H and O–H groups in total. The van der Waals surface area contributed by atoms with E-state index in [0.717, 1.165) is 17.0 Å². The molecule has 3 rings (SSSR count). The second kappa shape index (κ2) is 6.44. The van der Waals surface area contributed by atoms with E-state index in [2.05, 4.69) is 10.6 Å². The van der Waals surface area contributed by atoms with Crippen LogP contribution in [0, 0.1) is 0 Å². The lowest BCUT2D eigenvalue weighted by Gasteiger charge is -2.21. The number of alkyl halides is 3. The van der Waals surface area contributed by atoms with Crippen molar-refractivity contribution in [3.8, 4) is 0 Å². The first-order valence-electron chi connectivity index (χ1n) is 7.34. The van der Waals surface area contributed by atoms with Crippen molar-refractivity contribution in [1.82, 2.24) is 0 Å². The van der Waals surface area contributed by atoms with Crippen LogP contribution in [0.25, 0.3) is 0 Å². The van der Waals surface area contributed by atoms with Gasteiger partial charge in [0.15, 0.2) is 0 Å². The van der Waals surface area contributed by atoms with E-state index in [1.165, 1.54) is 30.0 Å². The van der Waals surface area contributed by atoms with Gasteiger partial charge >= 0.3 is 6.18 Å². The van der Waals surface area contributed by atoms with Crippen LogP contribution in [0.4, 0.5) is 24.5 Å². The van der Waals surface area contributed by atoms with Crippen LogP contribution in [0.15, 0.2) is 47.4 Å². The number of carbonyl (C=O) groups is 2. The summed E-state index contributed by atoms with van der Waals surface area (Å²) in [6, 6.07) is 9.19. The van der Waals surface area contributed by atoms with E-state index in [0.29, 0.717) is 5.69 Å². The van der Waals surface area contributed by atoms with Gasteiger partial charge in [-0.1, -0.05) is 6.07 Å². The third kappa shape index (κ3) is 3.79. The molecule has 0 aromatic heterocycles. The quantitative estimate of drug-likeness (QED) is 0.829. The Morgan fingerprint density at radius 3 is 2.68 bits per heavy atom. The fourth-order valence-electron chi connectivity index (χ4n) is 2.33. The second-order valence-electron chi connectivity index (χ2n) is 5.49. The number of thioether (sulfide) groups is 1. The zero-order valence-electron chi connectivity index (χ0n) is 13.0. The number of nitrogens with one attached hydrogen (secondary N) is 2. The first-order chi connectivity index (χ1) is 11.7. The van der Waals surface area contributed by atoms with Crippen molar-refractivity contribution in [2.75, 3.05) is 10.6 Å². The van der Waals surface area contributed by atoms with Gasteiger partial charge in [-0.05, 0) is 43.3 Å². The Hall–Kier alpha value is -2.48. The Balaban J connectivity index is 1.81. The minimum atomic E-state index is -4.48. The van der Waals surface area contributed by atoms with E-state index in [4.69, 9.17) is 0 Å². The van der Waals surface area contributed by atoms with Gasteiger partial charge in [-0.2, -0.15) is 13.2 Å². The number of anilines is 2. The maximum atomic E-state index is 12.7. The summed E-state index contributed by atoms with van der Waals surface area (Å²) in [5.74, 6) is -0.715. The molecule has 2 aromatic carbocycles. The molecule has 2 amide bonds. The smallest absolute Gasteiger partial charge is 0.324 e. The lowest BCUT2D eigenvalue weighted by molar-refractivity contribution is -0.137. The Morgan fingerprint density at radius 1 is 1.20 bits per heavy atom. The second-order valence-corrected chi connectivity index (χ2v) is 6.88. The lowest BCUT2D eigenvalue weighted by Crippen LogP contribution is -2.26. The average Bonchev–Trinajstić information content (AvgIpc) is 2.55. The van der Waals surface area contributed by atoms with Crippen LogP contribution >= 0.6 is 11.8 Å². The Morgan fingerprint density at radius 2 is 1.96 bits per heavy atom. The van der Waals surface area contributed by atoms with Crippen molar-refractivity contribution >= 4 is 35.0 Å². The van der Waals surface area contributed by atoms with Crippen LogP contribution in [-0.2, 0) is 11.0 Å². The van der Waals surface area contributed by atoms with Gasteiger partial charge in [-0.25, -0.2) is 0 Å². The highest BCUT2D eigenvalue weighted by molar-refractivity contribution is 8.00. The highest BCUT2D eigenvalue weighted by Gasteiger charge is 2.30. The van der Waals surface area contributed by atoms with Crippen molar-refractivity contribution in [3.63, 3.8) is 0 Å². The zero-order valence-corrected chi connectivity index (χ0v) is 13.8. The van der Waals surface area contributed by atoms with Gasteiger partial charge in [-0.3, -0.25) is 9.59 Å². The molecule has 1 aliphatic heterocycles. The molecule has 130 valence electrons. The molecule has 0 aliphatic carbocycles. The van der Waals surface area contributed by atoms with Crippen molar-refractivity contribution < 1.29 is 22.8 Å². The molecule has 4 nitrogen and oxygen atoms in total. The highest BCUT2D eigenvalue weighted by Crippen LogP contribution is 2.36. The minimum absolute atomic E-state index is 0.0459. The topological polar surface area (TPSA) is 58.2 Å². The normalized spacial score (nSPS) is 16.8. The highest BCUT2D eigenvalue weighted by atomic mass is 32.2. The Labute approximate surface area is 145 Å². The van der Waals surface area contributed by atoms with Crippen molar-refractivity contribution in [3.05, 3.63) is 53.6 Å². The number of benzene rings is 2. The van der Waals surface area contributed by atoms with Crippen LogP contribution in [0.2, 0.25) is 0 Å². The van der Waals surface area contributed by atoms with Crippen LogP contribution in [0.5, 0.6) is 0 Å². The van der Waals surface area contributed by atoms with E-state index in [9.17, 15) is 22.8 Å². The third-order valence-electron chi connectivity index (χ3n) is 3.62. The summed E-state index contributed by atoms with van der Waals surface area (Å²) in [4.78, 5) is 24.9. The number of halogens is 3. The van der Waals surface area contributed by atoms with Gasteiger partial charge in [0.1, 0.15) is 0 Å². The molecule has 0 spiro atoms. The molecular formula is C17H13F3N2O2S. The number of fused-ring (bicyclic) bond motifs is 1. The van der Waals surface area contributed by atoms with E-state index in [1.807, 2.05) is 0 Å². The molecule has 0 saturated carbocycles. The van der Waals surface area contributed by atoms with E-state index >= 15 is 0 Å². The van der Waals surface area contributed by atoms with Crippen molar-refractivity contribution in [2.24, 2.45) is 0 Å². The fourth-order valence-corrected chi connectivity index (χ4v) is 3.26. The van der Waals surface area contributed by atoms with Crippen LogP contribution < -0.4 is 10.6 Å². The molecule has 1 aliphatic rings. The number of hydrogen-bond acceptors (Lipinski definition) is 3. The molecule has 8 heteroatoms. The van der Waals surface area contributed by atoms with E-state index in [1.54, 1.807) is 19.1 Å². The largest absolute Gasteiger partial charge is 0.416 e. The van der Waals surface area contributed by atoms with Crippen molar-refractivity contribution in [1.29, 1.82) is 0 Å². The summed E-state index contributed by atoms with van der Waals surface area (Å²) in [5, 5.41) is 4.92. The monoisotopic (exact) mass is 366 g/mol. The van der Waals surface area contributed by atoms with Crippen LogP contribution in [-0.4, -0.2) is 17.1 Å². The third-order valence-corrected chi connectivity index (χ3v) is 4.80. The van der Waals surface area contributed by atoms with Crippen LogP contribution in [0.1, 0.15) is 22.8 Å². The summed E-state index contributed by atoms with van der Waals surface area (Å²) < 4.78 is 38.2. The lowest BCUT2D eigenvalue weighted by atomic mass is 10.1. The number of amides is 2. The molecule has 25 heavy (non-hydrogen) atoms. The summed E-state index contributed by atoms with van der Waals surface area (Å²) in [7, 11) is 0. The van der Waals surface area contributed by atoms with Gasteiger partial charge in [0.25, 0.3) is 5.91 Å². The molecule has 0 fully saturated rings. The zero-order chi connectivity index (χ0) is 18.2. The fraction of sp³-hybridized carbons (Fsp3) is 0.176. The molecule has 0 radical (unpaired) electrons. The Bertz CT molecular complexity index is 852. The molecule has 0 bridgehead atoms. The Kier molecular flexibility index (Phi) is 4.47. The molecule has 1 atom stereocenters. The number of rotatable bonds is 2. The maximum Gasteiger partial charge on any atom is 0.416 e. The molecule has 0 unspecified atom stereocenters. The van der Waals surface area contributed by atoms with Gasteiger partial charge in [0.2, 0.25) is 5.91 Å². The molecule has 1 heterocycles. The predicted molar refractivity (Wildman–Crippen MR) is 89.8 cm³/mol. The van der Waals surface area contributed by atoms with Crippen molar-refractivity contribution in [2.45, 2.75) is 23.2 Å². The summed E-state index contributed by atoms with van der Waals surface area (Å²) in [5.41, 5.74) is -0.0330. The maximum absolute atomic E-state index is 12.7. The first kappa shape index (κ1) is 17.3. The van der Waals surface area contributed by atoms with Gasteiger partial charge in [-0.15, -0.1) is 11.8 Å². The molecule has 0 saturated heterocycles. The summed E-state index contributed by atoms with van der Waals surface area (Å²) >= 11 is 1.38. The SMILES string of the molecule is C[C@@H]1Sc2ccc(C(=O)Nc3cccc(C(F)(F)F)c3)cc2NC1=O. The van der Waals surface area contributed by atoms with Gasteiger partial charge in [0, 0.05) is 16.1 Å². The summed E-state index contributed by atoms with van der Waals surface area (Å²) in [6.45, 7) is 1.77. The van der Waals surface area contributed by atoms with E-state index in [-0.39, 0.29) is 22.4 Å². The van der Waals surface area contributed by atoms with E-state index < -0.39 is 17.6 Å². The summed E-state index contributed by atoms with van der Waals surface area (Å²) in [6.07, 6.45) is -4.48. The van der Waals surface area contributed by atoms with Gasteiger partial charge < -0.3 is 10.6 Å². The average molecular weight is 366 g/mol. The van der Waals surface area contributed by atoms with Gasteiger partial charge in [0.05, 0.1) is 16.5 Å². The first-order valence-corrected chi connectivity index (χ1v) is 8.22. The molecular weight excluding hydrogens is 353 g/mol. The molecule has 2 aromatic rings.